The highest BCUT2D eigenvalue weighted by molar-refractivity contribution is 7.91. The number of anilines is 1. The summed E-state index contributed by atoms with van der Waals surface area (Å²) in [6.07, 6.45) is 0.586. The average Bonchev–Trinajstić information content (AvgIpc) is 3.12. The van der Waals surface area contributed by atoms with Crippen LogP contribution in [-0.4, -0.2) is 97.1 Å². The van der Waals surface area contributed by atoms with E-state index in [9.17, 15) is 27.9 Å². The molecule has 0 saturated heterocycles. The number of carbonyl (C=O) groups is 1. The monoisotopic (exact) mass is 749 g/mol. The zero-order valence-corrected chi connectivity index (χ0v) is 29.8. The van der Waals surface area contributed by atoms with Gasteiger partial charge >= 0.3 is 13.8 Å². The molecule has 0 fully saturated rings. The molecule has 0 heterocycles. The summed E-state index contributed by atoms with van der Waals surface area (Å²) in [5, 5.41) is 37.3. The number of fused-ring (bicyclic) bond motifs is 1. The zero-order chi connectivity index (χ0) is 37.8. The van der Waals surface area contributed by atoms with Crippen molar-refractivity contribution in [2.24, 2.45) is 10.2 Å². The minimum absolute atomic E-state index is 0.0185. The Kier molecular flexibility index (Phi) is 16.3. The van der Waals surface area contributed by atoms with Crippen LogP contribution in [0.1, 0.15) is 19.3 Å². The van der Waals surface area contributed by atoms with Crippen molar-refractivity contribution >= 4 is 57.2 Å². The molecule has 0 radical (unpaired) electrons. The Morgan fingerprint density at radius 2 is 1.73 bits per heavy atom. The third-order valence-corrected chi connectivity index (χ3v) is 10.2. The fourth-order valence-electron chi connectivity index (χ4n) is 4.56. The number of sulfone groups is 1. The number of nitriles is 1. The lowest BCUT2D eigenvalue weighted by Gasteiger charge is -2.25. The molecule has 17 nitrogen and oxygen atoms in total. The predicted molar refractivity (Wildman–Crippen MR) is 189 cm³/mol. The lowest BCUT2D eigenvalue weighted by atomic mass is 10.1. The van der Waals surface area contributed by atoms with Gasteiger partial charge in [-0.05, 0) is 56.4 Å². The average molecular weight is 750 g/mol. The summed E-state index contributed by atoms with van der Waals surface area (Å²) in [5.41, 5.74) is 1.57. The highest BCUT2D eigenvalue weighted by Crippen LogP contribution is 2.49. The molecule has 0 saturated carbocycles. The van der Waals surface area contributed by atoms with Crippen molar-refractivity contribution < 1.29 is 46.1 Å². The number of nitro benzene ring substituents is 1. The number of aliphatic hydroxyl groups excluding tert-OH is 1. The minimum Gasteiger partial charge on any atom is -0.465 e. The normalized spacial score (nSPS) is 13.1. The van der Waals surface area contributed by atoms with Crippen molar-refractivity contribution in [1.82, 2.24) is 5.32 Å². The van der Waals surface area contributed by atoms with Crippen LogP contribution in [0.15, 0.2) is 70.9 Å². The highest BCUT2D eigenvalue weighted by Gasteiger charge is 2.28. The number of nitrogens with zero attached hydrogens (tertiary/aromatic N) is 5. The summed E-state index contributed by atoms with van der Waals surface area (Å²) in [7, 11) is -6.31. The highest BCUT2D eigenvalue weighted by atomic mass is 32.2. The van der Waals surface area contributed by atoms with Crippen LogP contribution in [0.25, 0.3) is 10.8 Å². The van der Waals surface area contributed by atoms with Gasteiger partial charge < -0.3 is 20.1 Å². The number of phosphoric acid groups is 1. The largest absolute Gasteiger partial charge is 0.474 e. The van der Waals surface area contributed by atoms with Crippen molar-refractivity contribution in [3.8, 4) is 6.07 Å². The maximum absolute atomic E-state index is 13.3. The molecule has 0 aliphatic rings. The molecule has 3 rings (SSSR count). The van der Waals surface area contributed by atoms with Gasteiger partial charge in [0.25, 0.3) is 5.69 Å². The van der Waals surface area contributed by atoms with Crippen molar-refractivity contribution in [2.45, 2.75) is 19.3 Å². The second-order valence-corrected chi connectivity index (χ2v) is 14.7. The summed E-state index contributed by atoms with van der Waals surface area (Å²) in [5.74, 6) is -1.50. The molecule has 1 unspecified atom stereocenters. The Bertz CT molecular complexity index is 1840. The van der Waals surface area contributed by atoms with Crippen LogP contribution in [0.2, 0.25) is 0 Å². The van der Waals surface area contributed by atoms with Gasteiger partial charge in [-0.1, -0.05) is 18.2 Å². The molecule has 0 spiro atoms. The van der Waals surface area contributed by atoms with E-state index in [-0.39, 0.29) is 58.0 Å². The molecule has 2 N–H and O–H groups in total. The number of ether oxygens (including phenoxy) is 1. The first-order chi connectivity index (χ1) is 25.0. The first kappa shape index (κ1) is 39.4. The number of rotatable bonds is 25. The first-order valence-electron chi connectivity index (χ1n) is 16.3. The van der Waals surface area contributed by atoms with Gasteiger partial charge in [0.05, 0.1) is 72.1 Å². The van der Waals surface area contributed by atoms with E-state index in [1.54, 1.807) is 60.5 Å². The van der Waals surface area contributed by atoms with E-state index in [2.05, 4.69) is 20.7 Å². The predicted octanol–water partition coefficient (Wildman–Crippen LogP) is 4.99. The lowest BCUT2D eigenvalue weighted by Crippen LogP contribution is -2.30. The molecule has 1 atom stereocenters. The lowest BCUT2D eigenvalue weighted by molar-refractivity contribution is -0.383. The number of aliphatic hydroxyl groups is 1. The number of hydrogen-bond donors (Lipinski definition) is 2. The number of esters is 1. The van der Waals surface area contributed by atoms with Crippen LogP contribution in [0.5, 0.6) is 0 Å². The summed E-state index contributed by atoms with van der Waals surface area (Å²) in [6, 6.07) is 18.4. The summed E-state index contributed by atoms with van der Waals surface area (Å²) in [6.45, 7) is -0.373. The molecule has 276 valence electrons. The van der Waals surface area contributed by atoms with E-state index in [1.807, 2.05) is 6.07 Å². The van der Waals surface area contributed by atoms with Crippen LogP contribution in [-0.2, 0) is 37.5 Å². The van der Waals surface area contributed by atoms with E-state index in [0.717, 1.165) is 0 Å². The maximum Gasteiger partial charge on any atom is 0.474 e. The molecule has 3 aromatic carbocycles. The van der Waals surface area contributed by atoms with E-state index < -0.39 is 46.7 Å². The van der Waals surface area contributed by atoms with Crippen molar-refractivity contribution in [3.63, 3.8) is 0 Å². The standard InChI is InChI=1S/C32H41N6O11PS/c1-34-16-4-8-32(40)46-22-24-51(44,45)25-23-49-50(43,47-20-5-15-33)48-21-18-37(17-19-39)27-11-9-26(10-12-27)35-36-30-13-14-31(38(41)42)29-7-3-2-6-28(29)30/h2-3,6-7,9-14,34,39H,4-5,8,16-25H2,1H3/i39D. The van der Waals surface area contributed by atoms with E-state index in [4.69, 9.17) is 25.0 Å². The molecule has 0 aliphatic carbocycles. The van der Waals surface area contributed by atoms with Crippen LogP contribution < -0.4 is 10.2 Å². The van der Waals surface area contributed by atoms with Gasteiger partial charge in [0.1, 0.15) is 6.61 Å². The molecular formula is C32H41N6O11PS. The quantitative estimate of drug-likeness (QED) is 0.0290. The van der Waals surface area contributed by atoms with Crippen molar-refractivity contribution in [1.29, 1.82) is 6.69 Å². The summed E-state index contributed by atoms with van der Waals surface area (Å²) >= 11 is 0. The van der Waals surface area contributed by atoms with Gasteiger partial charge in [-0.2, -0.15) is 10.4 Å². The Labute approximate surface area is 297 Å². The fraction of sp³-hybridized carbons (Fsp3) is 0.438. The molecule has 19 heteroatoms. The smallest absolute Gasteiger partial charge is 0.465 e. The minimum atomic E-state index is -4.31. The van der Waals surface area contributed by atoms with Crippen LogP contribution in [0, 0.1) is 21.4 Å². The fourth-order valence-corrected chi connectivity index (χ4v) is 6.72. The number of phosphoric ester groups is 1. The molecule has 0 aromatic heterocycles. The second-order valence-electron chi connectivity index (χ2n) is 10.7. The van der Waals surface area contributed by atoms with E-state index >= 15 is 0 Å². The first-order valence-corrected chi connectivity index (χ1v) is 19.2. The number of non-ortho nitro benzene ring substituents is 1. The number of hydrogen-bond acceptors (Lipinski definition) is 16. The number of carbonyl (C=O) groups excluding carboxylic acids is 1. The summed E-state index contributed by atoms with van der Waals surface area (Å²) < 4.78 is 66.3. The maximum atomic E-state index is 13.3. The van der Waals surface area contributed by atoms with Gasteiger partial charge in [0, 0.05) is 36.7 Å². The third-order valence-electron chi connectivity index (χ3n) is 7.11. The Hall–Kier alpha value is -4.34. The van der Waals surface area contributed by atoms with Crippen LogP contribution in [0.3, 0.4) is 0 Å². The SMILES string of the molecule is [2H]OCCN(CCOP(=O)(OCCC#N)OCCS(=O)(=O)CCOC(=O)CCCNC)c1ccc(N=Nc2ccc([N+](=O)[O-])c3ccccc23)cc1. The summed E-state index contributed by atoms with van der Waals surface area (Å²) in [4.78, 5) is 24.5. The van der Waals surface area contributed by atoms with E-state index in [0.29, 0.717) is 40.8 Å². The van der Waals surface area contributed by atoms with Gasteiger partial charge in [-0.3, -0.25) is 28.5 Å². The Morgan fingerprint density at radius 1 is 1.02 bits per heavy atom. The molecule has 3 aromatic rings. The molecule has 51 heavy (non-hydrogen) atoms. The Morgan fingerprint density at radius 3 is 2.43 bits per heavy atom. The molecule has 0 amide bonds. The van der Waals surface area contributed by atoms with Crippen LogP contribution >= 0.6 is 7.82 Å². The number of nitro groups is 1. The number of azo groups is 1. The van der Waals surface area contributed by atoms with Crippen LogP contribution in [0.4, 0.5) is 22.7 Å². The zero-order valence-electron chi connectivity index (χ0n) is 29.0. The van der Waals surface area contributed by atoms with Gasteiger partial charge in [-0.15, -0.1) is 5.11 Å². The van der Waals surface area contributed by atoms with Crippen molar-refractivity contribution in [2.75, 3.05) is 76.1 Å². The molecule has 0 bridgehead atoms. The number of benzene rings is 3. The third kappa shape index (κ3) is 14.1. The topological polar surface area (TPSA) is 232 Å². The van der Waals surface area contributed by atoms with Gasteiger partial charge in [-0.25, -0.2) is 13.0 Å². The number of nitrogens with one attached hydrogen (secondary N) is 1. The Balaban J connectivity index is 1.60. The van der Waals surface area contributed by atoms with E-state index in [1.165, 1.54) is 12.1 Å². The van der Waals surface area contributed by atoms with Crippen molar-refractivity contribution in [3.05, 3.63) is 70.8 Å². The van der Waals surface area contributed by atoms with Gasteiger partial charge in [0.15, 0.2) is 9.84 Å². The molecular weight excluding hydrogens is 707 g/mol. The molecule has 0 aliphatic heterocycles. The second kappa shape index (κ2) is 21.1. The van der Waals surface area contributed by atoms with Gasteiger partial charge in [0.2, 0.25) is 1.43 Å².